The predicted octanol–water partition coefficient (Wildman–Crippen LogP) is 1.44. The van der Waals surface area contributed by atoms with E-state index in [1.807, 2.05) is 24.3 Å². The summed E-state index contributed by atoms with van der Waals surface area (Å²) in [4.78, 5) is 22.8. The van der Waals surface area contributed by atoms with Gasteiger partial charge in [-0.2, -0.15) is 0 Å². The molecule has 1 aromatic carbocycles. The Balaban J connectivity index is 2.13. The van der Waals surface area contributed by atoms with E-state index in [1.165, 1.54) is 0 Å². The van der Waals surface area contributed by atoms with Crippen LogP contribution in [-0.2, 0) is 9.59 Å². The molecular formula is C14H15NO4. The minimum Gasteiger partial charge on any atom is -0.488 e. The smallest absolute Gasteiger partial charge is 0.326 e. The molecule has 19 heavy (non-hydrogen) atoms. The maximum atomic E-state index is 12.0. The Morgan fingerprint density at radius 1 is 1.42 bits per heavy atom. The number of carboxylic acids is 1. The molecular weight excluding hydrogens is 246 g/mol. The number of para-hydroxylation sites is 1. The summed E-state index contributed by atoms with van der Waals surface area (Å²) in [5, 5.41) is 11.4. The number of hydrogen-bond donors (Lipinski definition) is 2. The topological polar surface area (TPSA) is 75.6 Å². The number of benzene rings is 1. The molecule has 2 N–H and O–H groups in total. The van der Waals surface area contributed by atoms with E-state index in [-0.39, 0.29) is 6.61 Å². The Hall–Kier alpha value is -2.30. The van der Waals surface area contributed by atoms with Gasteiger partial charge < -0.3 is 15.2 Å². The molecule has 0 saturated heterocycles. The maximum absolute atomic E-state index is 12.0. The molecule has 0 radical (unpaired) electrons. The molecule has 1 atom stereocenters. The fraction of sp³-hybridized carbons (Fsp3) is 0.286. The number of hydrogen-bond acceptors (Lipinski definition) is 3. The first-order valence-electron chi connectivity index (χ1n) is 6.08. The van der Waals surface area contributed by atoms with Crippen LogP contribution in [0.15, 0.2) is 29.8 Å². The standard InChI is InChI=1S/C14H15NO4/c1-2-11(14(17)18)15-13(16)10-7-9-5-3-4-6-12(9)19-8-10/h3-7,11H,2,8H2,1H3,(H,15,16)(H,17,18). The van der Waals surface area contributed by atoms with Crippen LogP contribution >= 0.6 is 0 Å². The van der Waals surface area contributed by atoms with E-state index in [4.69, 9.17) is 9.84 Å². The largest absolute Gasteiger partial charge is 0.488 e. The van der Waals surface area contributed by atoms with E-state index in [9.17, 15) is 9.59 Å². The third-order valence-electron chi connectivity index (χ3n) is 2.94. The predicted molar refractivity (Wildman–Crippen MR) is 69.8 cm³/mol. The molecule has 1 heterocycles. The Kier molecular flexibility index (Phi) is 3.85. The highest BCUT2D eigenvalue weighted by atomic mass is 16.5. The molecule has 0 fully saturated rings. The average molecular weight is 261 g/mol. The number of nitrogens with one attached hydrogen (secondary N) is 1. The second-order valence-electron chi connectivity index (χ2n) is 4.27. The number of amides is 1. The van der Waals surface area contributed by atoms with Gasteiger partial charge in [0.05, 0.1) is 5.57 Å². The number of ether oxygens (including phenoxy) is 1. The van der Waals surface area contributed by atoms with Gasteiger partial charge in [0.2, 0.25) is 0 Å². The third kappa shape index (κ3) is 2.93. The van der Waals surface area contributed by atoms with E-state index in [0.29, 0.717) is 12.0 Å². The van der Waals surface area contributed by atoms with Crippen molar-refractivity contribution in [2.75, 3.05) is 6.61 Å². The van der Waals surface area contributed by atoms with Crippen LogP contribution in [-0.4, -0.2) is 29.6 Å². The first-order chi connectivity index (χ1) is 9.11. The molecule has 0 aromatic heterocycles. The Morgan fingerprint density at radius 3 is 2.84 bits per heavy atom. The van der Waals surface area contributed by atoms with Crippen LogP contribution in [0.25, 0.3) is 6.08 Å². The second kappa shape index (κ2) is 5.56. The second-order valence-corrected chi connectivity index (χ2v) is 4.27. The van der Waals surface area contributed by atoms with E-state index in [0.717, 1.165) is 11.3 Å². The van der Waals surface area contributed by atoms with Gasteiger partial charge in [-0.3, -0.25) is 4.79 Å². The molecule has 100 valence electrons. The molecule has 2 rings (SSSR count). The molecule has 1 unspecified atom stereocenters. The molecule has 0 spiro atoms. The highest BCUT2D eigenvalue weighted by molar-refractivity contribution is 6.00. The van der Waals surface area contributed by atoms with Gasteiger partial charge in [-0.1, -0.05) is 25.1 Å². The molecule has 1 amide bonds. The molecule has 5 heteroatoms. The van der Waals surface area contributed by atoms with Crippen LogP contribution in [0.2, 0.25) is 0 Å². The van der Waals surface area contributed by atoms with Gasteiger partial charge in [0.25, 0.3) is 5.91 Å². The quantitative estimate of drug-likeness (QED) is 0.860. The van der Waals surface area contributed by atoms with Crippen molar-refractivity contribution in [2.24, 2.45) is 0 Å². The van der Waals surface area contributed by atoms with Gasteiger partial charge in [-0.05, 0) is 18.6 Å². The van der Waals surface area contributed by atoms with E-state index in [1.54, 1.807) is 13.0 Å². The zero-order valence-electron chi connectivity index (χ0n) is 10.6. The van der Waals surface area contributed by atoms with Crippen LogP contribution in [0.1, 0.15) is 18.9 Å². The summed E-state index contributed by atoms with van der Waals surface area (Å²) in [6.07, 6.45) is 2.06. The van der Waals surface area contributed by atoms with Crippen LogP contribution < -0.4 is 10.1 Å². The fourth-order valence-corrected chi connectivity index (χ4v) is 1.84. The van der Waals surface area contributed by atoms with Crippen molar-refractivity contribution >= 4 is 18.0 Å². The highest BCUT2D eigenvalue weighted by Gasteiger charge is 2.22. The minimum atomic E-state index is -1.03. The molecule has 0 bridgehead atoms. The number of carboxylic acid groups (broad SMARTS) is 1. The molecule has 1 aromatic rings. The fourth-order valence-electron chi connectivity index (χ4n) is 1.84. The summed E-state index contributed by atoms with van der Waals surface area (Å²) in [6, 6.07) is 6.51. The number of carbonyl (C=O) groups excluding carboxylic acids is 1. The molecule has 0 aliphatic carbocycles. The zero-order chi connectivity index (χ0) is 13.8. The van der Waals surface area contributed by atoms with Gasteiger partial charge in [0.1, 0.15) is 18.4 Å². The van der Waals surface area contributed by atoms with Crippen molar-refractivity contribution in [3.05, 3.63) is 35.4 Å². The summed E-state index contributed by atoms with van der Waals surface area (Å²) >= 11 is 0. The summed E-state index contributed by atoms with van der Waals surface area (Å²) in [6.45, 7) is 1.86. The van der Waals surface area contributed by atoms with E-state index < -0.39 is 17.9 Å². The summed E-state index contributed by atoms with van der Waals surface area (Å²) in [7, 11) is 0. The van der Waals surface area contributed by atoms with Crippen molar-refractivity contribution in [1.29, 1.82) is 0 Å². The van der Waals surface area contributed by atoms with Gasteiger partial charge in [0, 0.05) is 5.56 Å². The summed E-state index contributed by atoms with van der Waals surface area (Å²) < 4.78 is 5.46. The van der Waals surface area contributed by atoms with Crippen LogP contribution in [0.5, 0.6) is 5.75 Å². The lowest BCUT2D eigenvalue weighted by Crippen LogP contribution is -2.41. The first kappa shape index (κ1) is 13.1. The van der Waals surface area contributed by atoms with Gasteiger partial charge in [-0.15, -0.1) is 0 Å². The Bertz CT molecular complexity index is 536. The first-order valence-corrected chi connectivity index (χ1v) is 6.08. The number of carbonyl (C=O) groups is 2. The summed E-state index contributed by atoms with van der Waals surface area (Å²) in [5.41, 5.74) is 1.25. The van der Waals surface area contributed by atoms with Crippen LogP contribution in [0.3, 0.4) is 0 Å². The van der Waals surface area contributed by atoms with Crippen molar-refractivity contribution in [3.63, 3.8) is 0 Å². The van der Waals surface area contributed by atoms with Crippen LogP contribution in [0, 0.1) is 0 Å². The molecule has 1 aliphatic rings. The normalized spacial score (nSPS) is 14.7. The van der Waals surface area contributed by atoms with Gasteiger partial charge in [-0.25, -0.2) is 4.79 Å². The molecule has 1 aliphatic heterocycles. The maximum Gasteiger partial charge on any atom is 0.326 e. The summed E-state index contributed by atoms with van der Waals surface area (Å²) in [5.74, 6) is -0.707. The van der Waals surface area contributed by atoms with Crippen molar-refractivity contribution < 1.29 is 19.4 Å². The average Bonchev–Trinajstić information content (AvgIpc) is 2.43. The number of fused-ring (bicyclic) bond motifs is 1. The lowest BCUT2D eigenvalue weighted by atomic mass is 10.1. The lowest BCUT2D eigenvalue weighted by Gasteiger charge is -2.19. The van der Waals surface area contributed by atoms with Crippen molar-refractivity contribution in [3.8, 4) is 5.75 Å². The highest BCUT2D eigenvalue weighted by Crippen LogP contribution is 2.25. The van der Waals surface area contributed by atoms with E-state index in [2.05, 4.69) is 5.32 Å². The van der Waals surface area contributed by atoms with Crippen LogP contribution in [0.4, 0.5) is 0 Å². The van der Waals surface area contributed by atoms with Crippen molar-refractivity contribution in [1.82, 2.24) is 5.32 Å². The van der Waals surface area contributed by atoms with E-state index >= 15 is 0 Å². The monoisotopic (exact) mass is 261 g/mol. The molecule has 0 saturated carbocycles. The number of aliphatic carboxylic acids is 1. The van der Waals surface area contributed by atoms with Gasteiger partial charge >= 0.3 is 5.97 Å². The Labute approximate surface area is 110 Å². The van der Waals surface area contributed by atoms with Gasteiger partial charge in [0.15, 0.2) is 0 Å². The number of rotatable bonds is 4. The van der Waals surface area contributed by atoms with Crippen molar-refractivity contribution in [2.45, 2.75) is 19.4 Å². The zero-order valence-corrected chi connectivity index (χ0v) is 10.6. The third-order valence-corrected chi connectivity index (χ3v) is 2.94. The Morgan fingerprint density at radius 2 is 2.16 bits per heavy atom. The SMILES string of the molecule is CCC(NC(=O)C1=Cc2ccccc2OC1)C(=O)O. The lowest BCUT2D eigenvalue weighted by molar-refractivity contribution is -0.141. The minimum absolute atomic E-state index is 0.152. The molecule has 5 nitrogen and oxygen atoms in total.